The van der Waals surface area contributed by atoms with Gasteiger partial charge in [0.05, 0.1) is 22.8 Å². The molecule has 0 aliphatic heterocycles. The second-order valence-electron chi connectivity index (χ2n) is 25.4. The molecule has 6 nitrogen and oxygen atoms in total. The summed E-state index contributed by atoms with van der Waals surface area (Å²) in [4.78, 5) is 28.8. The van der Waals surface area contributed by atoms with Crippen molar-refractivity contribution in [3.05, 3.63) is 338 Å². The molecule has 2 aliphatic rings. The van der Waals surface area contributed by atoms with Crippen LogP contribution in [0.4, 0.5) is 0 Å². The zero-order valence-corrected chi connectivity index (χ0v) is 52.7. The van der Waals surface area contributed by atoms with Crippen molar-refractivity contribution >= 4 is 10.8 Å². The van der Waals surface area contributed by atoms with E-state index in [2.05, 4.69) is 280 Å². The Morgan fingerprint density at radius 3 is 1.20 bits per heavy atom. The van der Waals surface area contributed by atoms with E-state index in [4.69, 9.17) is 19.9 Å². The first-order valence-electron chi connectivity index (χ1n) is 32.1. The van der Waals surface area contributed by atoms with Crippen LogP contribution in [0.1, 0.15) is 49.9 Å². The van der Waals surface area contributed by atoms with E-state index in [1.807, 2.05) is 60.9 Å². The van der Waals surface area contributed by atoms with Crippen molar-refractivity contribution in [3.63, 3.8) is 0 Å². The van der Waals surface area contributed by atoms with E-state index in [0.29, 0.717) is 11.6 Å². The Morgan fingerprint density at radius 1 is 0.245 bits per heavy atom. The second-order valence-corrected chi connectivity index (χ2v) is 25.4. The molecule has 0 bridgehead atoms. The molecule has 0 unspecified atom stereocenters. The molecule has 0 saturated carbocycles. The summed E-state index contributed by atoms with van der Waals surface area (Å²) in [6.07, 6.45) is 7.35. The number of aromatic nitrogens is 6. The van der Waals surface area contributed by atoms with Crippen LogP contribution in [-0.4, -0.2) is 29.9 Å². The van der Waals surface area contributed by atoms with Gasteiger partial charge in [-0.1, -0.05) is 289 Å². The fourth-order valence-corrected chi connectivity index (χ4v) is 14.1. The van der Waals surface area contributed by atoms with Crippen molar-refractivity contribution in [2.45, 2.75) is 38.5 Å². The Kier molecular flexibility index (Phi) is 14.5. The highest BCUT2D eigenvalue weighted by Gasteiger charge is 2.38. The average molecular weight is 1210 g/mol. The quantitative estimate of drug-likeness (QED) is 0.136. The first-order chi connectivity index (χ1) is 46.1. The fraction of sp³-hybridized carbons (Fsp3) is 0.0682. The lowest BCUT2D eigenvalue weighted by Gasteiger charge is -2.23. The molecule has 4 heterocycles. The van der Waals surface area contributed by atoms with E-state index >= 15 is 0 Å². The summed E-state index contributed by atoms with van der Waals surface area (Å²) in [5, 5.41) is 2.64. The molecule has 0 spiro atoms. The van der Waals surface area contributed by atoms with Gasteiger partial charge in [-0.3, -0.25) is 9.97 Å². The third kappa shape index (κ3) is 10.5. The summed E-state index contributed by atoms with van der Waals surface area (Å²) < 4.78 is 0. The van der Waals surface area contributed by atoms with Gasteiger partial charge in [0.2, 0.25) is 0 Å². The third-order valence-corrected chi connectivity index (χ3v) is 19.0. The predicted octanol–water partition coefficient (Wildman–Crippen LogP) is 22.2. The number of rotatable bonds is 10. The van der Waals surface area contributed by atoms with Crippen LogP contribution < -0.4 is 0 Å². The molecule has 15 aromatic rings. The van der Waals surface area contributed by atoms with Crippen LogP contribution in [0.2, 0.25) is 0 Å². The molecular formula is C88H64N6. The maximum Gasteiger partial charge on any atom is 0.160 e. The molecule has 94 heavy (non-hydrogen) atoms. The summed E-state index contributed by atoms with van der Waals surface area (Å²) in [5.41, 5.74) is 29.8. The fourth-order valence-electron chi connectivity index (χ4n) is 14.1. The van der Waals surface area contributed by atoms with Crippen molar-refractivity contribution in [3.8, 4) is 135 Å². The lowest BCUT2D eigenvalue weighted by molar-refractivity contribution is 0.660. The van der Waals surface area contributed by atoms with Gasteiger partial charge in [0, 0.05) is 69.0 Å². The maximum absolute atomic E-state index is 5.09. The lowest BCUT2D eigenvalue weighted by atomic mass is 9.80. The minimum absolute atomic E-state index is 0.0245. The molecule has 4 aromatic heterocycles. The molecule has 0 saturated heterocycles. The zero-order valence-electron chi connectivity index (χ0n) is 52.7. The highest BCUT2D eigenvalue weighted by molar-refractivity contribution is 5.98. The van der Waals surface area contributed by atoms with Crippen LogP contribution in [0.15, 0.2) is 316 Å². The minimum Gasteiger partial charge on any atom is -0.264 e. The first-order valence-corrected chi connectivity index (χ1v) is 32.1. The van der Waals surface area contributed by atoms with Gasteiger partial charge in [0.25, 0.3) is 0 Å². The maximum atomic E-state index is 5.09. The summed E-state index contributed by atoms with van der Waals surface area (Å²) in [6, 6.07) is 103. The number of hydrogen-bond acceptors (Lipinski definition) is 6. The molecule has 17 rings (SSSR count). The van der Waals surface area contributed by atoms with Crippen LogP contribution in [0, 0.1) is 0 Å². The number of nitrogens with zero attached hydrogens (tertiary/aromatic N) is 6. The van der Waals surface area contributed by atoms with Gasteiger partial charge in [-0.15, -0.1) is 0 Å². The van der Waals surface area contributed by atoms with E-state index in [1.54, 1.807) is 12.4 Å². The van der Waals surface area contributed by atoms with Gasteiger partial charge >= 0.3 is 0 Å². The molecule has 0 atom stereocenters. The predicted molar refractivity (Wildman–Crippen MR) is 387 cm³/mol. The minimum atomic E-state index is -0.0613. The number of hydrogen-bond donors (Lipinski definition) is 0. The van der Waals surface area contributed by atoms with E-state index in [9.17, 15) is 0 Å². The highest BCUT2D eigenvalue weighted by Crippen LogP contribution is 2.54. The van der Waals surface area contributed by atoms with E-state index in [0.717, 1.165) is 78.4 Å². The van der Waals surface area contributed by atoms with Crippen LogP contribution in [-0.2, 0) is 10.8 Å². The molecule has 0 amide bonds. The van der Waals surface area contributed by atoms with Gasteiger partial charge in [0.1, 0.15) is 0 Å². The number of fused-ring (bicyclic) bond motifs is 8. The Balaban J connectivity index is 0.000000149. The molecule has 0 radical (unpaired) electrons. The third-order valence-electron chi connectivity index (χ3n) is 19.0. The van der Waals surface area contributed by atoms with Crippen molar-refractivity contribution in [1.82, 2.24) is 29.9 Å². The van der Waals surface area contributed by atoms with Gasteiger partial charge < -0.3 is 0 Å². The smallest absolute Gasteiger partial charge is 0.160 e. The molecule has 11 aromatic carbocycles. The largest absolute Gasteiger partial charge is 0.264 e. The molecular weight excluding hydrogens is 1140 g/mol. The molecule has 446 valence electrons. The zero-order chi connectivity index (χ0) is 63.3. The van der Waals surface area contributed by atoms with Crippen molar-refractivity contribution < 1.29 is 0 Å². The Hall–Kier alpha value is -11.9. The van der Waals surface area contributed by atoms with Gasteiger partial charge in [0.15, 0.2) is 11.6 Å². The molecule has 0 fully saturated rings. The standard InChI is InChI=1S/C46H33N3.C42H31N3/c1-46(2)41-25-23-36(27-40(41)39-24-22-32-9-6-7-13-38(32)44(39)46)30-14-18-34(19-15-30)43-28-42(33-10-4-3-5-11-33)48-45(49-43)35-20-16-31(17-21-35)37-12-8-26-47-29-37;1-42(2)36-15-7-6-13-35(36)40-34(14-8-16-37(40)42)29-19-21-31(22-20-29)39-26-38(30-10-4-3-5-11-30)44-41(45-39)32-23-17-28(18-24-32)33-12-9-25-43-27-33/h3-29H,1-2H3;3-27H,1-2H3. The summed E-state index contributed by atoms with van der Waals surface area (Å²) in [6.45, 7) is 9.36. The number of benzene rings is 11. The van der Waals surface area contributed by atoms with Crippen LogP contribution >= 0.6 is 0 Å². The monoisotopic (exact) mass is 1200 g/mol. The molecule has 6 heteroatoms. The SMILES string of the molecule is CC1(C)c2ccc(-c3ccc(-c4cc(-c5ccccc5)nc(-c5ccc(-c6cccnc6)cc5)n4)cc3)cc2-c2ccc3ccccc3c21.CC1(C)c2ccccc2-c2c(-c3ccc(-c4cc(-c5ccccc5)nc(-c5ccc(-c6cccnc6)cc5)n4)cc3)cccc21. The molecule has 0 N–H and O–H groups in total. The summed E-state index contributed by atoms with van der Waals surface area (Å²) >= 11 is 0. The van der Waals surface area contributed by atoms with Gasteiger partial charge in [-0.05, 0) is 130 Å². The lowest BCUT2D eigenvalue weighted by Crippen LogP contribution is -2.15. The van der Waals surface area contributed by atoms with Crippen LogP contribution in [0.5, 0.6) is 0 Å². The Morgan fingerprint density at radius 2 is 0.660 bits per heavy atom. The van der Waals surface area contributed by atoms with Gasteiger partial charge in [-0.2, -0.15) is 0 Å². The summed E-state index contributed by atoms with van der Waals surface area (Å²) in [7, 11) is 0. The number of pyridine rings is 2. The molecule has 2 aliphatic carbocycles. The Labute approximate surface area is 548 Å². The summed E-state index contributed by atoms with van der Waals surface area (Å²) in [5.74, 6) is 1.40. The van der Waals surface area contributed by atoms with Crippen LogP contribution in [0.3, 0.4) is 0 Å². The van der Waals surface area contributed by atoms with E-state index in [1.165, 1.54) is 77.5 Å². The van der Waals surface area contributed by atoms with E-state index in [-0.39, 0.29) is 10.8 Å². The Bertz CT molecular complexity index is 5300. The van der Waals surface area contributed by atoms with Crippen molar-refractivity contribution in [2.24, 2.45) is 0 Å². The van der Waals surface area contributed by atoms with Crippen molar-refractivity contribution in [1.29, 1.82) is 0 Å². The average Bonchev–Trinajstić information content (AvgIpc) is 1.57. The second kappa shape index (κ2) is 23.7. The topological polar surface area (TPSA) is 77.3 Å². The normalized spacial score (nSPS) is 12.9. The first kappa shape index (κ1) is 57.3. The van der Waals surface area contributed by atoms with Crippen LogP contribution in [0.25, 0.3) is 145 Å². The van der Waals surface area contributed by atoms with Crippen molar-refractivity contribution in [2.75, 3.05) is 0 Å². The highest BCUT2D eigenvalue weighted by atomic mass is 14.9. The van der Waals surface area contributed by atoms with Gasteiger partial charge in [-0.25, -0.2) is 19.9 Å². The van der Waals surface area contributed by atoms with E-state index < -0.39 is 0 Å².